The summed E-state index contributed by atoms with van der Waals surface area (Å²) in [5.74, 6) is 0.507. The topological polar surface area (TPSA) is 64.4 Å². The fraction of sp³-hybridized carbons (Fsp3) is 0.600. The highest BCUT2D eigenvalue weighted by molar-refractivity contribution is 5.64. The Bertz CT molecular complexity index is 490. The molecule has 1 N–H and O–H groups in total. The molecule has 1 aromatic rings. The zero-order chi connectivity index (χ0) is 14.8. The first kappa shape index (κ1) is 14.6. The molecule has 0 saturated heterocycles. The number of methoxy groups -OCH3 is 1. The summed E-state index contributed by atoms with van der Waals surface area (Å²) in [6.07, 6.45) is 4.40. The first-order chi connectivity index (χ1) is 9.41. The monoisotopic (exact) mass is 278 g/mol. The highest BCUT2D eigenvalue weighted by Crippen LogP contribution is 2.37. The zero-order valence-corrected chi connectivity index (χ0v) is 12.3. The van der Waals surface area contributed by atoms with E-state index in [1.165, 1.54) is 13.2 Å². The molecular weight excluding hydrogens is 256 g/mol. The van der Waals surface area contributed by atoms with Gasteiger partial charge < -0.3 is 10.1 Å². The minimum absolute atomic E-state index is 0.0779. The van der Waals surface area contributed by atoms with Crippen molar-refractivity contribution in [3.8, 4) is 5.75 Å². The van der Waals surface area contributed by atoms with E-state index in [1.807, 2.05) is 0 Å². The van der Waals surface area contributed by atoms with Crippen molar-refractivity contribution < 1.29 is 9.66 Å². The minimum Gasteiger partial charge on any atom is -0.496 e. The van der Waals surface area contributed by atoms with Crippen molar-refractivity contribution in [2.75, 3.05) is 12.4 Å². The van der Waals surface area contributed by atoms with Gasteiger partial charge in [0.2, 0.25) is 0 Å². The third-order valence-electron chi connectivity index (χ3n) is 4.10. The molecule has 1 aromatic carbocycles. The number of nitro benzene ring substituents is 1. The molecule has 0 heterocycles. The Balaban J connectivity index is 2.11. The van der Waals surface area contributed by atoms with Crippen LogP contribution in [0.5, 0.6) is 5.75 Å². The number of nitrogens with one attached hydrogen (secondary N) is 1. The molecule has 1 aliphatic carbocycles. The molecule has 5 heteroatoms. The molecule has 0 amide bonds. The molecule has 0 aliphatic heterocycles. The molecule has 2 rings (SSSR count). The van der Waals surface area contributed by atoms with E-state index in [9.17, 15) is 10.1 Å². The first-order valence-corrected chi connectivity index (χ1v) is 7.00. The molecule has 0 spiro atoms. The minimum atomic E-state index is -0.363. The van der Waals surface area contributed by atoms with Crippen LogP contribution in [0.2, 0.25) is 0 Å². The number of rotatable bonds is 4. The molecule has 0 unspecified atom stereocenters. The maximum Gasteiger partial charge on any atom is 0.296 e. The number of nitro groups is 1. The predicted molar refractivity (Wildman–Crippen MR) is 79.3 cm³/mol. The van der Waals surface area contributed by atoms with Gasteiger partial charge in [-0.1, -0.05) is 13.8 Å². The number of ether oxygens (including phenoxy) is 1. The largest absolute Gasteiger partial charge is 0.496 e. The van der Waals surface area contributed by atoms with Gasteiger partial charge in [0.15, 0.2) is 0 Å². The molecule has 0 atom stereocenters. The van der Waals surface area contributed by atoms with Crippen LogP contribution in [0, 0.1) is 15.5 Å². The lowest BCUT2D eigenvalue weighted by molar-refractivity contribution is -0.384. The second kappa shape index (κ2) is 5.69. The normalized spacial score (nSPS) is 18.6. The number of hydrogen-bond acceptors (Lipinski definition) is 4. The Morgan fingerprint density at radius 2 is 2.00 bits per heavy atom. The molecule has 0 bridgehead atoms. The van der Waals surface area contributed by atoms with E-state index < -0.39 is 0 Å². The van der Waals surface area contributed by atoms with Crippen molar-refractivity contribution in [1.29, 1.82) is 0 Å². The Morgan fingerprint density at radius 3 is 2.55 bits per heavy atom. The van der Waals surface area contributed by atoms with Gasteiger partial charge in [0.1, 0.15) is 11.4 Å². The maximum absolute atomic E-state index is 11.1. The quantitative estimate of drug-likeness (QED) is 0.668. The average molecular weight is 278 g/mol. The molecule has 5 nitrogen and oxygen atoms in total. The summed E-state index contributed by atoms with van der Waals surface area (Å²) in [6.45, 7) is 4.55. The van der Waals surface area contributed by atoms with Gasteiger partial charge in [0.05, 0.1) is 18.1 Å². The van der Waals surface area contributed by atoms with Crippen LogP contribution < -0.4 is 10.1 Å². The second-order valence-corrected chi connectivity index (χ2v) is 6.22. The summed E-state index contributed by atoms with van der Waals surface area (Å²) in [5.41, 5.74) is 1.05. The van der Waals surface area contributed by atoms with Gasteiger partial charge in [-0.3, -0.25) is 10.1 Å². The van der Waals surface area contributed by atoms with Crippen LogP contribution in [0.3, 0.4) is 0 Å². The smallest absolute Gasteiger partial charge is 0.296 e. The Morgan fingerprint density at radius 1 is 1.35 bits per heavy atom. The molecular formula is C15H22N2O3. The van der Waals surface area contributed by atoms with E-state index in [1.54, 1.807) is 12.1 Å². The summed E-state index contributed by atoms with van der Waals surface area (Å²) in [7, 11) is 1.51. The molecule has 1 saturated carbocycles. The predicted octanol–water partition coefficient (Wildman–Crippen LogP) is 3.98. The van der Waals surface area contributed by atoms with E-state index in [4.69, 9.17) is 4.74 Å². The van der Waals surface area contributed by atoms with Gasteiger partial charge in [-0.25, -0.2) is 0 Å². The Labute approximate surface area is 119 Å². The lowest BCUT2D eigenvalue weighted by Gasteiger charge is -2.35. The van der Waals surface area contributed by atoms with Gasteiger partial charge in [-0.15, -0.1) is 0 Å². The van der Waals surface area contributed by atoms with Crippen LogP contribution in [-0.4, -0.2) is 18.1 Å². The molecule has 0 aromatic heterocycles. The molecule has 110 valence electrons. The van der Waals surface area contributed by atoms with Crippen molar-refractivity contribution in [1.82, 2.24) is 0 Å². The standard InChI is InChI=1S/C15H22N2O3/c1-15(2)8-6-11(7-9-15)16-13-5-4-12(20-3)10-14(13)17(18)19/h4-5,10-11,16H,6-9H2,1-3H3. The van der Waals surface area contributed by atoms with Crippen molar-refractivity contribution >= 4 is 11.4 Å². The van der Waals surface area contributed by atoms with Crippen molar-refractivity contribution in [2.45, 2.75) is 45.6 Å². The lowest BCUT2D eigenvalue weighted by Crippen LogP contribution is -2.30. The lowest BCUT2D eigenvalue weighted by atomic mass is 9.75. The molecule has 1 aliphatic rings. The molecule has 1 fully saturated rings. The van der Waals surface area contributed by atoms with Crippen molar-refractivity contribution in [2.24, 2.45) is 5.41 Å². The van der Waals surface area contributed by atoms with Gasteiger partial charge in [-0.05, 0) is 43.2 Å². The van der Waals surface area contributed by atoms with Crippen LogP contribution in [0.1, 0.15) is 39.5 Å². The zero-order valence-electron chi connectivity index (χ0n) is 12.3. The van der Waals surface area contributed by atoms with Crippen LogP contribution in [-0.2, 0) is 0 Å². The van der Waals surface area contributed by atoms with Crippen LogP contribution in [0.15, 0.2) is 18.2 Å². The highest BCUT2D eigenvalue weighted by Gasteiger charge is 2.28. The Hall–Kier alpha value is -1.78. The van der Waals surface area contributed by atoms with Crippen LogP contribution in [0.25, 0.3) is 0 Å². The van der Waals surface area contributed by atoms with Gasteiger partial charge in [-0.2, -0.15) is 0 Å². The number of nitrogens with zero attached hydrogens (tertiary/aromatic N) is 1. The van der Waals surface area contributed by atoms with E-state index in [0.717, 1.165) is 25.7 Å². The van der Waals surface area contributed by atoms with Crippen LogP contribution in [0.4, 0.5) is 11.4 Å². The Kier molecular flexibility index (Phi) is 4.16. The second-order valence-electron chi connectivity index (χ2n) is 6.22. The summed E-state index contributed by atoms with van der Waals surface area (Å²) in [6, 6.07) is 5.27. The number of benzene rings is 1. The molecule has 0 radical (unpaired) electrons. The van der Waals surface area contributed by atoms with Crippen LogP contribution >= 0.6 is 0 Å². The summed E-state index contributed by atoms with van der Waals surface area (Å²) in [5, 5.41) is 14.5. The third-order valence-corrected chi connectivity index (χ3v) is 4.10. The summed E-state index contributed by atoms with van der Waals surface area (Å²) in [4.78, 5) is 10.8. The first-order valence-electron chi connectivity index (χ1n) is 7.00. The van der Waals surface area contributed by atoms with Gasteiger partial charge in [0, 0.05) is 6.04 Å². The van der Waals surface area contributed by atoms with E-state index in [0.29, 0.717) is 22.9 Å². The van der Waals surface area contributed by atoms with E-state index >= 15 is 0 Å². The summed E-state index contributed by atoms with van der Waals surface area (Å²) < 4.78 is 5.05. The van der Waals surface area contributed by atoms with E-state index in [2.05, 4.69) is 19.2 Å². The number of hydrogen-bond donors (Lipinski definition) is 1. The fourth-order valence-electron chi connectivity index (χ4n) is 2.68. The average Bonchev–Trinajstić information content (AvgIpc) is 2.41. The number of anilines is 1. The maximum atomic E-state index is 11.1. The van der Waals surface area contributed by atoms with Gasteiger partial charge >= 0.3 is 0 Å². The van der Waals surface area contributed by atoms with Gasteiger partial charge in [0.25, 0.3) is 5.69 Å². The highest BCUT2D eigenvalue weighted by atomic mass is 16.6. The third kappa shape index (κ3) is 3.40. The van der Waals surface area contributed by atoms with Crippen molar-refractivity contribution in [3.63, 3.8) is 0 Å². The SMILES string of the molecule is COc1ccc(NC2CCC(C)(C)CC2)c([N+](=O)[O-])c1. The van der Waals surface area contributed by atoms with E-state index in [-0.39, 0.29) is 10.6 Å². The fourth-order valence-corrected chi connectivity index (χ4v) is 2.68. The molecule has 20 heavy (non-hydrogen) atoms. The van der Waals surface area contributed by atoms with Crippen molar-refractivity contribution in [3.05, 3.63) is 28.3 Å². The summed E-state index contributed by atoms with van der Waals surface area (Å²) >= 11 is 0.